The molecule has 0 unspecified atom stereocenters. The number of aromatic nitrogens is 2. The van der Waals surface area contributed by atoms with Gasteiger partial charge in [0.25, 0.3) is 5.91 Å². The Bertz CT molecular complexity index is 960. The lowest BCUT2D eigenvalue weighted by molar-refractivity contribution is -0.136. The van der Waals surface area contributed by atoms with Crippen molar-refractivity contribution in [3.63, 3.8) is 0 Å². The summed E-state index contributed by atoms with van der Waals surface area (Å²) in [5, 5.41) is 0. The molecule has 0 aliphatic carbocycles. The molecule has 0 saturated carbocycles. The Morgan fingerprint density at radius 1 is 1.22 bits per heavy atom. The summed E-state index contributed by atoms with van der Waals surface area (Å²) in [6.07, 6.45) is 4.20. The van der Waals surface area contributed by atoms with E-state index in [1.807, 2.05) is 6.92 Å². The van der Waals surface area contributed by atoms with E-state index in [1.165, 1.54) is 11.1 Å². The highest BCUT2D eigenvalue weighted by Crippen LogP contribution is 2.19. The first-order valence-corrected chi connectivity index (χ1v) is 10.6. The number of carbonyl (C=O) groups is 2. The first-order valence-electron chi connectivity index (χ1n) is 8.77. The zero-order valence-corrected chi connectivity index (χ0v) is 15.8. The minimum atomic E-state index is -3.10. The van der Waals surface area contributed by atoms with Crippen LogP contribution in [-0.2, 0) is 19.4 Å². The van der Waals surface area contributed by atoms with E-state index >= 15 is 0 Å². The van der Waals surface area contributed by atoms with E-state index in [9.17, 15) is 18.0 Å². The third kappa shape index (κ3) is 4.60. The van der Waals surface area contributed by atoms with Gasteiger partial charge in [0.1, 0.15) is 0 Å². The van der Waals surface area contributed by atoms with E-state index in [0.29, 0.717) is 30.4 Å². The SMILES string of the molecule is CCCN(C(=O)COC(=O)c1ccc2nccnc2c1)[C@H]1CCS(=O)(=O)C1. The molecule has 1 aliphatic rings. The first kappa shape index (κ1) is 19.2. The summed E-state index contributed by atoms with van der Waals surface area (Å²) in [6.45, 7) is 1.92. The maximum Gasteiger partial charge on any atom is 0.338 e. The lowest BCUT2D eigenvalue weighted by atomic mass is 10.2. The molecule has 0 N–H and O–H groups in total. The van der Waals surface area contributed by atoms with Gasteiger partial charge in [-0.25, -0.2) is 13.2 Å². The number of hydrogen-bond donors (Lipinski definition) is 0. The summed E-state index contributed by atoms with van der Waals surface area (Å²) < 4.78 is 28.5. The summed E-state index contributed by atoms with van der Waals surface area (Å²) in [7, 11) is -3.10. The molecule has 1 aromatic carbocycles. The van der Waals surface area contributed by atoms with Crippen molar-refractivity contribution >= 4 is 32.7 Å². The standard InChI is InChI=1S/C18H21N3O5S/c1-2-8-21(14-5-9-27(24,25)12-14)17(22)11-26-18(23)13-3-4-15-16(10-13)20-7-6-19-15/h3-4,6-7,10,14H,2,5,8-9,11-12H2,1H3/t14-/m0/s1. The van der Waals surface area contributed by atoms with Crippen LogP contribution in [0.15, 0.2) is 30.6 Å². The number of amides is 1. The molecule has 1 fully saturated rings. The number of sulfone groups is 1. The van der Waals surface area contributed by atoms with Crippen molar-refractivity contribution < 1.29 is 22.7 Å². The fourth-order valence-electron chi connectivity index (χ4n) is 3.16. The Kier molecular flexibility index (Phi) is 5.69. The predicted octanol–water partition coefficient (Wildman–Crippen LogP) is 1.21. The van der Waals surface area contributed by atoms with Crippen LogP contribution in [0.1, 0.15) is 30.1 Å². The topological polar surface area (TPSA) is 107 Å². The van der Waals surface area contributed by atoms with Crippen LogP contribution in [0.25, 0.3) is 11.0 Å². The van der Waals surface area contributed by atoms with Gasteiger partial charge in [-0.3, -0.25) is 14.8 Å². The average Bonchev–Trinajstić information content (AvgIpc) is 3.02. The largest absolute Gasteiger partial charge is 0.452 e. The van der Waals surface area contributed by atoms with Crippen LogP contribution in [0.3, 0.4) is 0 Å². The Morgan fingerprint density at radius 3 is 2.63 bits per heavy atom. The summed E-state index contributed by atoms with van der Waals surface area (Å²) in [4.78, 5) is 34.6. The number of carbonyl (C=O) groups excluding carboxylic acids is 2. The minimum Gasteiger partial charge on any atom is -0.452 e. The van der Waals surface area contributed by atoms with Gasteiger partial charge in [0.2, 0.25) is 0 Å². The van der Waals surface area contributed by atoms with Gasteiger partial charge in [-0.05, 0) is 31.0 Å². The maximum atomic E-state index is 12.5. The lowest BCUT2D eigenvalue weighted by Crippen LogP contribution is -2.43. The van der Waals surface area contributed by atoms with Crippen LogP contribution in [0.4, 0.5) is 0 Å². The molecule has 0 spiro atoms. The summed E-state index contributed by atoms with van der Waals surface area (Å²) in [5.41, 5.74) is 1.49. The van der Waals surface area contributed by atoms with Crippen molar-refractivity contribution in [1.82, 2.24) is 14.9 Å². The molecule has 2 aromatic rings. The van der Waals surface area contributed by atoms with Crippen molar-refractivity contribution in [3.8, 4) is 0 Å². The Balaban J connectivity index is 1.64. The summed E-state index contributed by atoms with van der Waals surface area (Å²) >= 11 is 0. The van der Waals surface area contributed by atoms with Gasteiger partial charge in [-0.1, -0.05) is 6.92 Å². The van der Waals surface area contributed by atoms with Gasteiger partial charge in [0.05, 0.1) is 28.1 Å². The van der Waals surface area contributed by atoms with Crippen LogP contribution in [0.5, 0.6) is 0 Å². The molecule has 0 radical (unpaired) electrons. The van der Waals surface area contributed by atoms with Gasteiger partial charge in [-0.2, -0.15) is 0 Å². The average molecular weight is 391 g/mol. The van der Waals surface area contributed by atoms with E-state index in [2.05, 4.69) is 9.97 Å². The third-order valence-corrected chi connectivity index (χ3v) is 6.22. The molecular formula is C18H21N3O5S. The number of rotatable bonds is 6. The Morgan fingerprint density at radius 2 is 1.96 bits per heavy atom. The molecule has 1 aromatic heterocycles. The quantitative estimate of drug-likeness (QED) is 0.681. The monoisotopic (exact) mass is 391 g/mol. The smallest absolute Gasteiger partial charge is 0.338 e. The van der Waals surface area contributed by atoms with Crippen LogP contribution >= 0.6 is 0 Å². The van der Waals surface area contributed by atoms with E-state index in [0.717, 1.165) is 0 Å². The number of hydrogen-bond acceptors (Lipinski definition) is 7. The zero-order valence-electron chi connectivity index (χ0n) is 15.0. The van der Waals surface area contributed by atoms with Crippen molar-refractivity contribution in [2.24, 2.45) is 0 Å². The first-order chi connectivity index (χ1) is 12.9. The molecular weight excluding hydrogens is 370 g/mol. The molecule has 1 atom stereocenters. The molecule has 1 saturated heterocycles. The number of fused-ring (bicyclic) bond motifs is 1. The van der Waals surface area contributed by atoms with Gasteiger partial charge < -0.3 is 9.64 Å². The molecule has 3 rings (SSSR count). The Hall–Kier alpha value is -2.55. The minimum absolute atomic E-state index is 0.0317. The maximum absolute atomic E-state index is 12.5. The number of nitrogens with zero attached hydrogens (tertiary/aromatic N) is 3. The number of ether oxygens (including phenoxy) is 1. The highest BCUT2D eigenvalue weighted by molar-refractivity contribution is 7.91. The zero-order chi connectivity index (χ0) is 19.4. The molecule has 2 heterocycles. The molecule has 0 bridgehead atoms. The van der Waals surface area contributed by atoms with Crippen molar-refractivity contribution in [1.29, 1.82) is 0 Å². The van der Waals surface area contributed by atoms with Crippen LogP contribution in [0, 0.1) is 0 Å². The van der Waals surface area contributed by atoms with Crippen LogP contribution in [-0.4, -0.2) is 65.9 Å². The van der Waals surface area contributed by atoms with Gasteiger partial charge in [-0.15, -0.1) is 0 Å². The second-order valence-electron chi connectivity index (χ2n) is 6.48. The van der Waals surface area contributed by atoms with Crippen LogP contribution < -0.4 is 0 Å². The van der Waals surface area contributed by atoms with Crippen molar-refractivity contribution in [2.75, 3.05) is 24.7 Å². The van der Waals surface area contributed by atoms with Gasteiger partial charge in [0, 0.05) is 25.0 Å². The van der Waals surface area contributed by atoms with Crippen LogP contribution in [0.2, 0.25) is 0 Å². The lowest BCUT2D eigenvalue weighted by Gasteiger charge is -2.27. The highest BCUT2D eigenvalue weighted by atomic mass is 32.2. The van der Waals surface area contributed by atoms with Gasteiger partial charge >= 0.3 is 5.97 Å². The highest BCUT2D eigenvalue weighted by Gasteiger charge is 2.34. The van der Waals surface area contributed by atoms with Crippen molar-refractivity contribution in [3.05, 3.63) is 36.2 Å². The van der Waals surface area contributed by atoms with Crippen molar-refractivity contribution in [2.45, 2.75) is 25.8 Å². The number of benzene rings is 1. The molecule has 144 valence electrons. The van der Waals surface area contributed by atoms with Gasteiger partial charge in [0.15, 0.2) is 16.4 Å². The van der Waals surface area contributed by atoms with E-state index < -0.39 is 22.4 Å². The molecule has 9 heteroatoms. The summed E-state index contributed by atoms with van der Waals surface area (Å²) in [6, 6.07) is 4.44. The third-order valence-electron chi connectivity index (χ3n) is 4.47. The number of esters is 1. The molecule has 8 nitrogen and oxygen atoms in total. The fraction of sp³-hybridized carbons (Fsp3) is 0.444. The molecule has 1 amide bonds. The van der Waals surface area contributed by atoms with E-state index in [1.54, 1.807) is 24.4 Å². The normalized spacial score (nSPS) is 18.3. The second-order valence-corrected chi connectivity index (χ2v) is 8.71. The van der Waals surface area contributed by atoms with E-state index in [4.69, 9.17) is 4.74 Å². The molecule has 1 aliphatic heterocycles. The van der Waals surface area contributed by atoms with E-state index in [-0.39, 0.29) is 29.0 Å². The predicted molar refractivity (Wildman–Crippen MR) is 98.9 cm³/mol. The molecule has 27 heavy (non-hydrogen) atoms. The second kappa shape index (κ2) is 7.99. The Labute approximate surface area is 157 Å². The fourth-order valence-corrected chi connectivity index (χ4v) is 4.89. The summed E-state index contributed by atoms with van der Waals surface area (Å²) in [5.74, 6) is -0.960.